The zero-order valence-electron chi connectivity index (χ0n) is 41.5. The van der Waals surface area contributed by atoms with E-state index >= 15 is 0 Å². The molecule has 6 heteroatoms. The Hall–Kier alpha value is -3.67. The third-order valence-corrected chi connectivity index (χ3v) is 11.0. The van der Waals surface area contributed by atoms with E-state index in [0.29, 0.717) is 19.3 Å². The average Bonchev–Trinajstić information content (AvgIpc) is 3.29. The molecular formula is C58H96O6. The van der Waals surface area contributed by atoms with Gasteiger partial charge in [-0.25, -0.2) is 0 Å². The molecule has 364 valence electrons. The molecule has 0 aromatic carbocycles. The molecule has 1 unspecified atom stereocenters. The van der Waals surface area contributed by atoms with Crippen molar-refractivity contribution < 1.29 is 28.6 Å². The molecule has 0 aromatic rings. The number of carbonyl (C=O) groups is 3. The standard InChI is InChI=1S/C58H96O6/c1-4-7-10-13-16-19-22-25-28-29-31-33-36-39-42-45-48-51-57(60)63-54-55(53-62-56(59)50-47-44-41-38-35-32-27-24-21-18-15-12-9-6-3)64-58(61)52-49-46-43-40-37-34-30-26-23-20-17-14-11-8-5-2/h8,11,14,17,20,23,25-26,28,30-31,33-34,37,39,42,55H,4-7,9-10,12-13,15-16,18-19,21-22,24,27,29,32,35-36,38,40-41,43-54H2,1-3H3/b11-8-,17-14-,23-20-,28-25-,30-26-,33-31-,37-34-,42-39-. The van der Waals surface area contributed by atoms with Crippen LogP contribution in [0.2, 0.25) is 0 Å². The lowest BCUT2D eigenvalue weighted by Gasteiger charge is -2.18. The van der Waals surface area contributed by atoms with Crippen LogP contribution >= 0.6 is 0 Å². The summed E-state index contributed by atoms with van der Waals surface area (Å²) < 4.78 is 16.7. The van der Waals surface area contributed by atoms with Crippen molar-refractivity contribution in [2.24, 2.45) is 0 Å². The maximum atomic E-state index is 12.8. The zero-order valence-corrected chi connectivity index (χ0v) is 41.5. The summed E-state index contributed by atoms with van der Waals surface area (Å²) >= 11 is 0. The Labute approximate surface area is 394 Å². The summed E-state index contributed by atoms with van der Waals surface area (Å²) in [4.78, 5) is 38.0. The van der Waals surface area contributed by atoms with Crippen LogP contribution in [0, 0.1) is 0 Å². The molecule has 0 N–H and O–H groups in total. The zero-order chi connectivity index (χ0) is 46.5. The van der Waals surface area contributed by atoms with E-state index in [9.17, 15) is 14.4 Å². The molecule has 0 heterocycles. The summed E-state index contributed by atoms with van der Waals surface area (Å²) in [5.74, 6) is -1.01. The highest BCUT2D eigenvalue weighted by atomic mass is 16.6. The summed E-state index contributed by atoms with van der Waals surface area (Å²) in [5, 5.41) is 0. The number of allylic oxidation sites excluding steroid dienone is 16. The highest BCUT2D eigenvalue weighted by molar-refractivity contribution is 5.71. The number of unbranched alkanes of at least 4 members (excludes halogenated alkanes) is 23. The summed E-state index contributed by atoms with van der Waals surface area (Å²) in [6.07, 6.45) is 68.2. The maximum absolute atomic E-state index is 12.8. The monoisotopic (exact) mass is 889 g/mol. The van der Waals surface area contributed by atoms with Crippen LogP contribution in [-0.2, 0) is 28.6 Å². The number of hydrogen-bond donors (Lipinski definition) is 0. The minimum atomic E-state index is -0.819. The van der Waals surface area contributed by atoms with E-state index in [0.717, 1.165) is 64.2 Å². The first kappa shape index (κ1) is 60.3. The molecule has 0 aliphatic carbocycles. The van der Waals surface area contributed by atoms with E-state index in [2.05, 4.69) is 69.4 Å². The van der Waals surface area contributed by atoms with Crippen LogP contribution in [-0.4, -0.2) is 37.2 Å². The first-order valence-electron chi connectivity index (χ1n) is 26.3. The Morgan fingerprint density at radius 1 is 0.344 bits per heavy atom. The molecule has 0 aromatic heterocycles. The molecule has 64 heavy (non-hydrogen) atoms. The van der Waals surface area contributed by atoms with Crippen LogP contribution in [0.1, 0.15) is 233 Å². The van der Waals surface area contributed by atoms with Crippen molar-refractivity contribution in [1.29, 1.82) is 0 Å². The molecule has 0 spiro atoms. The van der Waals surface area contributed by atoms with Crippen LogP contribution in [0.5, 0.6) is 0 Å². The fourth-order valence-electron chi connectivity index (χ4n) is 7.01. The Balaban J connectivity index is 4.54. The van der Waals surface area contributed by atoms with Crippen LogP contribution < -0.4 is 0 Å². The van der Waals surface area contributed by atoms with Gasteiger partial charge >= 0.3 is 17.9 Å². The second-order valence-corrected chi connectivity index (χ2v) is 17.2. The summed E-state index contributed by atoms with van der Waals surface area (Å²) in [5.41, 5.74) is 0. The first-order valence-corrected chi connectivity index (χ1v) is 26.3. The van der Waals surface area contributed by atoms with Crippen LogP contribution in [0.4, 0.5) is 0 Å². The van der Waals surface area contributed by atoms with Gasteiger partial charge in [0.2, 0.25) is 0 Å². The van der Waals surface area contributed by atoms with Crippen molar-refractivity contribution in [2.45, 2.75) is 239 Å². The van der Waals surface area contributed by atoms with Gasteiger partial charge in [0.25, 0.3) is 0 Å². The molecule has 0 saturated heterocycles. The minimum absolute atomic E-state index is 0.110. The van der Waals surface area contributed by atoms with Crippen molar-refractivity contribution in [3.05, 3.63) is 97.2 Å². The molecule has 0 bridgehead atoms. The van der Waals surface area contributed by atoms with Gasteiger partial charge in [-0.3, -0.25) is 14.4 Å². The number of hydrogen-bond acceptors (Lipinski definition) is 6. The Morgan fingerprint density at radius 2 is 0.688 bits per heavy atom. The number of ether oxygens (including phenoxy) is 3. The van der Waals surface area contributed by atoms with Crippen molar-refractivity contribution >= 4 is 17.9 Å². The van der Waals surface area contributed by atoms with E-state index in [-0.39, 0.29) is 44.0 Å². The van der Waals surface area contributed by atoms with Gasteiger partial charge in [0.05, 0.1) is 0 Å². The normalized spacial score (nSPS) is 12.9. The second-order valence-electron chi connectivity index (χ2n) is 17.2. The number of esters is 3. The molecule has 0 aliphatic heterocycles. The highest BCUT2D eigenvalue weighted by Crippen LogP contribution is 2.14. The lowest BCUT2D eigenvalue weighted by molar-refractivity contribution is -0.167. The predicted molar refractivity (Wildman–Crippen MR) is 274 cm³/mol. The van der Waals surface area contributed by atoms with Crippen molar-refractivity contribution in [3.63, 3.8) is 0 Å². The smallest absolute Gasteiger partial charge is 0.306 e. The maximum Gasteiger partial charge on any atom is 0.306 e. The summed E-state index contributed by atoms with van der Waals surface area (Å²) in [6, 6.07) is 0. The predicted octanol–water partition coefficient (Wildman–Crippen LogP) is 17.4. The molecule has 0 saturated carbocycles. The van der Waals surface area contributed by atoms with Crippen molar-refractivity contribution in [3.8, 4) is 0 Å². The van der Waals surface area contributed by atoms with Crippen LogP contribution in [0.3, 0.4) is 0 Å². The van der Waals surface area contributed by atoms with Gasteiger partial charge in [0.15, 0.2) is 6.10 Å². The summed E-state index contributed by atoms with van der Waals surface area (Å²) in [6.45, 7) is 6.41. The van der Waals surface area contributed by atoms with E-state index < -0.39 is 6.10 Å². The molecule has 6 nitrogen and oxygen atoms in total. The minimum Gasteiger partial charge on any atom is -0.462 e. The van der Waals surface area contributed by atoms with Crippen LogP contribution in [0.25, 0.3) is 0 Å². The molecule has 0 amide bonds. The third kappa shape index (κ3) is 49.3. The molecule has 0 fully saturated rings. The van der Waals surface area contributed by atoms with Gasteiger partial charge in [-0.15, -0.1) is 0 Å². The fraction of sp³-hybridized carbons (Fsp3) is 0.672. The number of rotatable bonds is 46. The third-order valence-electron chi connectivity index (χ3n) is 11.0. The Morgan fingerprint density at radius 3 is 1.17 bits per heavy atom. The van der Waals surface area contributed by atoms with Crippen molar-refractivity contribution in [1.82, 2.24) is 0 Å². The van der Waals surface area contributed by atoms with Gasteiger partial charge < -0.3 is 14.2 Å². The molecule has 0 radical (unpaired) electrons. The van der Waals surface area contributed by atoms with Gasteiger partial charge in [-0.2, -0.15) is 0 Å². The number of carbonyl (C=O) groups excluding carboxylic acids is 3. The molecule has 0 rings (SSSR count). The Kier molecular flexibility index (Phi) is 49.0. The van der Waals surface area contributed by atoms with Gasteiger partial charge in [-0.1, -0.05) is 240 Å². The largest absolute Gasteiger partial charge is 0.462 e. The van der Waals surface area contributed by atoms with Gasteiger partial charge in [0, 0.05) is 19.3 Å². The summed E-state index contributed by atoms with van der Waals surface area (Å²) in [7, 11) is 0. The lowest BCUT2D eigenvalue weighted by atomic mass is 10.0. The fourth-order valence-corrected chi connectivity index (χ4v) is 7.01. The van der Waals surface area contributed by atoms with E-state index in [1.54, 1.807) is 0 Å². The average molecular weight is 889 g/mol. The van der Waals surface area contributed by atoms with Crippen molar-refractivity contribution in [2.75, 3.05) is 13.2 Å². The molecule has 1 atom stereocenters. The van der Waals surface area contributed by atoms with Gasteiger partial charge in [0.1, 0.15) is 13.2 Å². The first-order chi connectivity index (χ1) is 31.5. The molecular weight excluding hydrogens is 793 g/mol. The highest BCUT2D eigenvalue weighted by Gasteiger charge is 2.19. The topological polar surface area (TPSA) is 78.9 Å². The Bertz CT molecular complexity index is 1300. The van der Waals surface area contributed by atoms with E-state index in [4.69, 9.17) is 14.2 Å². The van der Waals surface area contributed by atoms with Gasteiger partial charge in [-0.05, 0) is 70.6 Å². The SMILES string of the molecule is CC\C=C/C=C\C=C/C=C\C=C/CCCCCC(=O)OC(COC(=O)CCC/C=C\C/C=C\C/C=C\CCCCCCCC)COC(=O)CCCCCCCCCCCCCCCC. The molecule has 0 aliphatic rings. The quantitative estimate of drug-likeness (QED) is 0.0199. The van der Waals surface area contributed by atoms with E-state index in [1.807, 2.05) is 48.6 Å². The lowest BCUT2D eigenvalue weighted by Crippen LogP contribution is -2.30. The second kappa shape index (κ2) is 52.0. The van der Waals surface area contributed by atoms with E-state index in [1.165, 1.54) is 116 Å². The van der Waals surface area contributed by atoms with Crippen LogP contribution in [0.15, 0.2) is 97.2 Å².